The molecule has 3 aromatic rings. The molecular formula is C20H23N5O. The van der Waals surface area contributed by atoms with Gasteiger partial charge in [0.1, 0.15) is 0 Å². The Bertz CT molecular complexity index is 944. The Hall–Kier alpha value is -2.89. The van der Waals surface area contributed by atoms with Gasteiger partial charge in [-0.2, -0.15) is 0 Å². The first kappa shape index (κ1) is 16.6. The molecule has 1 atom stereocenters. The Morgan fingerprint density at radius 3 is 2.85 bits per heavy atom. The SMILES string of the molecule is Cc1ccc(C(=O)N2CC[C@@H](c3cn4cccc4c(N(C)C)n3)C2)cn1. The van der Waals surface area contributed by atoms with Crippen molar-refractivity contribution in [2.75, 3.05) is 32.1 Å². The normalized spacial score (nSPS) is 17.0. The number of likely N-dealkylation sites (tertiary alicyclic amines) is 1. The third kappa shape index (κ3) is 2.92. The molecule has 1 aliphatic rings. The lowest BCUT2D eigenvalue weighted by atomic mass is 10.1. The molecule has 1 amide bonds. The van der Waals surface area contributed by atoms with Crippen LogP contribution in [0.5, 0.6) is 0 Å². The smallest absolute Gasteiger partial charge is 0.255 e. The largest absolute Gasteiger partial charge is 0.361 e. The van der Waals surface area contributed by atoms with Crippen molar-refractivity contribution in [1.82, 2.24) is 19.3 Å². The second-order valence-electron chi connectivity index (χ2n) is 7.11. The van der Waals surface area contributed by atoms with Gasteiger partial charge in [0.05, 0.1) is 16.8 Å². The molecular weight excluding hydrogens is 326 g/mol. The minimum atomic E-state index is 0.0508. The summed E-state index contributed by atoms with van der Waals surface area (Å²) in [6.45, 7) is 3.37. The summed E-state index contributed by atoms with van der Waals surface area (Å²) in [5.74, 6) is 1.26. The van der Waals surface area contributed by atoms with Gasteiger partial charge in [0.2, 0.25) is 0 Å². The minimum Gasteiger partial charge on any atom is -0.361 e. The zero-order chi connectivity index (χ0) is 18.3. The van der Waals surface area contributed by atoms with E-state index < -0.39 is 0 Å². The van der Waals surface area contributed by atoms with Gasteiger partial charge in [-0.1, -0.05) is 0 Å². The van der Waals surface area contributed by atoms with Crippen LogP contribution in [-0.4, -0.2) is 52.4 Å². The third-order valence-electron chi connectivity index (χ3n) is 4.99. The van der Waals surface area contributed by atoms with Crippen molar-refractivity contribution in [2.45, 2.75) is 19.3 Å². The van der Waals surface area contributed by atoms with Gasteiger partial charge in [-0.3, -0.25) is 9.78 Å². The maximum Gasteiger partial charge on any atom is 0.255 e. The quantitative estimate of drug-likeness (QED) is 0.730. The summed E-state index contributed by atoms with van der Waals surface area (Å²) in [5, 5.41) is 0. The fraction of sp³-hybridized carbons (Fsp3) is 0.350. The topological polar surface area (TPSA) is 53.7 Å². The lowest BCUT2D eigenvalue weighted by molar-refractivity contribution is 0.0790. The van der Waals surface area contributed by atoms with E-state index in [9.17, 15) is 4.79 Å². The lowest BCUT2D eigenvalue weighted by Crippen LogP contribution is -2.28. The van der Waals surface area contributed by atoms with Gasteiger partial charge in [0, 0.05) is 57.4 Å². The molecule has 6 nitrogen and oxygen atoms in total. The first-order valence-electron chi connectivity index (χ1n) is 8.90. The molecule has 0 spiro atoms. The van der Waals surface area contributed by atoms with Crippen LogP contribution in [0.3, 0.4) is 0 Å². The Labute approximate surface area is 153 Å². The minimum absolute atomic E-state index is 0.0508. The van der Waals surface area contributed by atoms with E-state index in [0.29, 0.717) is 12.1 Å². The van der Waals surface area contributed by atoms with Crippen LogP contribution in [0, 0.1) is 6.92 Å². The molecule has 6 heteroatoms. The zero-order valence-corrected chi connectivity index (χ0v) is 15.4. The van der Waals surface area contributed by atoms with Crippen molar-refractivity contribution in [3.63, 3.8) is 0 Å². The monoisotopic (exact) mass is 349 g/mol. The van der Waals surface area contributed by atoms with Crippen molar-refractivity contribution in [3.05, 3.63) is 59.8 Å². The summed E-state index contributed by atoms with van der Waals surface area (Å²) in [6, 6.07) is 7.83. The van der Waals surface area contributed by atoms with Gasteiger partial charge in [-0.05, 0) is 37.6 Å². The second kappa shape index (κ2) is 6.44. The highest BCUT2D eigenvalue weighted by molar-refractivity contribution is 5.94. The number of amides is 1. The van der Waals surface area contributed by atoms with Crippen LogP contribution in [-0.2, 0) is 0 Å². The fourth-order valence-electron chi connectivity index (χ4n) is 3.54. The highest BCUT2D eigenvalue weighted by Gasteiger charge is 2.29. The van der Waals surface area contributed by atoms with E-state index in [-0.39, 0.29) is 11.8 Å². The highest BCUT2D eigenvalue weighted by Crippen LogP contribution is 2.29. The Morgan fingerprint density at radius 2 is 2.12 bits per heavy atom. The fourth-order valence-corrected chi connectivity index (χ4v) is 3.54. The van der Waals surface area contributed by atoms with Crippen LogP contribution in [0.15, 0.2) is 42.9 Å². The number of hydrogen-bond donors (Lipinski definition) is 0. The number of aryl methyl sites for hydroxylation is 1. The number of aromatic nitrogens is 3. The Kier molecular flexibility index (Phi) is 4.11. The molecule has 0 saturated carbocycles. The number of carbonyl (C=O) groups excluding carboxylic acids is 1. The van der Waals surface area contributed by atoms with E-state index in [4.69, 9.17) is 4.98 Å². The standard InChI is InChI=1S/C20H23N5O/c1-14-6-7-15(11-21-14)20(26)25-10-8-16(12-25)17-13-24-9-4-5-18(24)19(22-17)23(2)3/h4-7,9,11,13,16H,8,10,12H2,1-3H3/t16-/m1/s1. The molecule has 0 unspecified atom stereocenters. The summed E-state index contributed by atoms with van der Waals surface area (Å²) in [4.78, 5) is 25.8. The molecule has 4 rings (SSSR count). The van der Waals surface area contributed by atoms with Gasteiger partial charge in [-0.25, -0.2) is 4.98 Å². The molecule has 0 bridgehead atoms. The maximum atomic E-state index is 12.7. The van der Waals surface area contributed by atoms with Crippen LogP contribution in [0.4, 0.5) is 5.82 Å². The maximum absolute atomic E-state index is 12.7. The van der Waals surface area contributed by atoms with Crippen LogP contribution in [0.1, 0.15) is 34.1 Å². The number of rotatable bonds is 3. The summed E-state index contributed by atoms with van der Waals surface area (Å²) in [7, 11) is 4.02. The molecule has 1 saturated heterocycles. The molecule has 0 radical (unpaired) electrons. The van der Waals surface area contributed by atoms with E-state index in [0.717, 1.165) is 35.7 Å². The van der Waals surface area contributed by atoms with E-state index >= 15 is 0 Å². The number of carbonyl (C=O) groups is 1. The molecule has 1 aliphatic heterocycles. The van der Waals surface area contributed by atoms with Gasteiger partial charge in [0.25, 0.3) is 5.91 Å². The second-order valence-corrected chi connectivity index (χ2v) is 7.11. The van der Waals surface area contributed by atoms with Crippen molar-refractivity contribution in [2.24, 2.45) is 0 Å². The van der Waals surface area contributed by atoms with Crippen LogP contribution in [0.25, 0.3) is 5.52 Å². The van der Waals surface area contributed by atoms with E-state index in [1.165, 1.54) is 0 Å². The molecule has 0 aliphatic carbocycles. The van der Waals surface area contributed by atoms with Crippen LogP contribution in [0.2, 0.25) is 0 Å². The molecule has 1 fully saturated rings. The summed E-state index contributed by atoms with van der Waals surface area (Å²) in [5.41, 5.74) is 3.70. The predicted octanol–water partition coefficient (Wildman–Crippen LogP) is 2.73. The number of pyridine rings is 1. The summed E-state index contributed by atoms with van der Waals surface area (Å²) < 4.78 is 2.12. The molecule has 3 aromatic heterocycles. The Morgan fingerprint density at radius 1 is 1.27 bits per heavy atom. The third-order valence-corrected chi connectivity index (χ3v) is 4.99. The molecule has 134 valence electrons. The average Bonchev–Trinajstić information content (AvgIpc) is 3.30. The van der Waals surface area contributed by atoms with Gasteiger partial charge < -0.3 is 14.2 Å². The van der Waals surface area contributed by atoms with Crippen LogP contribution < -0.4 is 4.90 Å². The van der Waals surface area contributed by atoms with Crippen molar-refractivity contribution in [3.8, 4) is 0 Å². The van der Waals surface area contributed by atoms with E-state index in [2.05, 4.69) is 21.6 Å². The van der Waals surface area contributed by atoms with Crippen molar-refractivity contribution < 1.29 is 4.79 Å². The lowest BCUT2D eigenvalue weighted by Gasteiger charge is -2.19. The Balaban J connectivity index is 1.58. The van der Waals surface area contributed by atoms with Crippen molar-refractivity contribution >= 4 is 17.2 Å². The molecule has 4 heterocycles. The predicted molar refractivity (Wildman–Crippen MR) is 102 cm³/mol. The van der Waals surface area contributed by atoms with E-state index in [1.54, 1.807) is 6.20 Å². The first-order chi connectivity index (χ1) is 12.5. The number of nitrogens with zero attached hydrogens (tertiary/aromatic N) is 5. The number of anilines is 1. The first-order valence-corrected chi connectivity index (χ1v) is 8.90. The molecule has 0 N–H and O–H groups in total. The highest BCUT2D eigenvalue weighted by atomic mass is 16.2. The molecule has 26 heavy (non-hydrogen) atoms. The molecule has 0 aromatic carbocycles. The number of fused-ring (bicyclic) bond motifs is 1. The number of hydrogen-bond acceptors (Lipinski definition) is 4. The summed E-state index contributed by atoms with van der Waals surface area (Å²) >= 11 is 0. The zero-order valence-electron chi connectivity index (χ0n) is 15.4. The van der Waals surface area contributed by atoms with E-state index in [1.807, 2.05) is 55.2 Å². The van der Waals surface area contributed by atoms with Crippen LogP contribution >= 0.6 is 0 Å². The van der Waals surface area contributed by atoms with Gasteiger partial charge in [0.15, 0.2) is 5.82 Å². The van der Waals surface area contributed by atoms with Crippen molar-refractivity contribution in [1.29, 1.82) is 0 Å². The van der Waals surface area contributed by atoms with Gasteiger partial charge >= 0.3 is 0 Å². The average molecular weight is 349 g/mol. The summed E-state index contributed by atoms with van der Waals surface area (Å²) in [6.07, 6.45) is 6.73. The van der Waals surface area contributed by atoms with Gasteiger partial charge in [-0.15, -0.1) is 0 Å².